The molecule has 1 N–H and O–H groups in total. The van der Waals surface area contributed by atoms with E-state index in [-0.39, 0.29) is 5.56 Å². The van der Waals surface area contributed by atoms with Crippen LogP contribution in [0.2, 0.25) is 0 Å². The van der Waals surface area contributed by atoms with Crippen LogP contribution in [0, 0.1) is 5.82 Å². The standard InChI is InChI=1S/C15H13FN2O3/c16-13-9-17-5-4-12(13)14(19)18-11-3-1-2-10(8-11)15-20-6-7-21-15/h1-5,8-9,15H,6-7H2,(H,18,19). The predicted octanol–water partition coefficient (Wildman–Crippen LogP) is 2.52. The molecule has 0 spiro atoms. The van der Waals surface area contributed by atoms with Crippen molar-refractivity contribution < 1.29 is 18.7 Å². The van der Waals surface area contributed by atoms with Crippen molar-refractivity contribution >= 4 is 11.6 Å². The Morgan fingerprint density at radius 2 is 2.10 bits per heavy atom. The largest absolute Gasteiger partial charge is 0.346 e. The maximum atomic E-state index is 13.5. The first-order valence-electron chi connectivity index (χ1n) is 6.48. The first-order chi connectivity index (χ1) is 10.2. The van der Waals surface area contributed by atoms with Gasteiger partial charge < -0.3 is 14.8 Å². The van der Waals surface area contributed by atoms with Crippen molar-refractivity contribution in [3.8, 4) is 0 Å². The zero-order valence-electron chi connectivity index (χ0n) is 11.1. The molecule has 1 aromatic carbocycles. The van der Waals surface area contributed by atoms with Gasteiger partial charge in [0.05, 0.1) is 25.0 Å². The van der Waals surface area contributed by atoms with Crippen LogP contribution in [0.5, 0.6) is 0 Å². The average molecular weight is 288 g/mol. The smallest absolute Gasteiger partial charge is 0.258 e. The number of hydrogen-bond donors (Lipinski definition) is 1. The number of benzene rings is 1. The molecule has 2 heterocycles. The number of rotatable bonds is 3. The molecule has 0 aliphatic carbocycles. The highest BCUT2D eigenvalue weighted by atomic mass is 19.1. The third-order valence-electron chi connectivity index (χ3n) is 3.06. The van der Waals surface area contributed by atoms with Crippen molar-refractivity contribution in [3.63, 3.8) is 0 Å². The monoisotopic (exact) mass is 288 g/mol. The van der Waals surface area contributed by atoms with E-state index in [9.17, 15) is 9.18 Å². The molecule has 0 radical (unpaired) electrons. The van der Waals surface area contributed by atoms with Gasteiger partial charge in [-0.2, -0.15) is 0 Å². The maximum Gasteiger partial charge on any atom is 0.258 e. The molecule has 2 aromatic rings. The van der Waals surface area contributed by atoms with E-state index in [2.05, 4.69) is 10.3 Å². The number of anilines is 1. The zero-order valence-corrected chi connectivity index (χ0v) is 11.1. The first kappa shape index (κ1) is 13.7. The number of ether oxygens (including phenoxy) is 2. The average Bonchev–Trinajstić information content (AvgIpc) is 3.02. The quantitative estimate of drug-likeness (QED) is 0.942. The van der Waals surface area contributed by atoms with Gasteiger partial charge in [-0.15, -0.1) is 0 Å². The summed E-state index contributed by atoms with van der Waals surface area (Å²) in [6.45, 7) is 1.09. The summed E-state index contributed by atoms with van der Waals surface area (Å²) < 4.78 is 24.3. The van der Waals surface area contributed by atoms with Crippen molar-refractivity contribution in [3.05, 3.63) is 59.7 Å². The van der Waals surface area contributed by atoms with E-state index < -0.39 is 18.0 Å². The lowest BCUT2D eigenvalue weighted by Gasteiger charge is -2.11. The number of nitrogens with one attached hydrogen (secondary N) is 1. The van der Waals surface area contributed by atoms with E-state index in [1.165, 1.54) is 12.3 Å². The molecule has 1 amide bonds. The van der Waals surface area contributed by atoms with Crippen molar-refractivity contribution in [2.75, 3.05) is 18.5 Å². The molecule has 0 saturated carbocycles. The molecule has 108 valence electrons. The van der Waals surface area contributed by atoms with Gasteiger partial charge in [-0.05, 0) is 18.2 Å². The van der Waals surface area contributed by atoms with Gasteiger partial charge in [0.2, 0.25) is 0 Å². The normalized spacial score (nSPS) is 15.1. The minimum absolute atomic E-state index is 0.0521. The fourth-order valence-electron chi connectivity index (χ4n) is 2.07. The second kappa shape index (κ2) is 5.99. The summed E-state index contributed by atoms with van der Waals surface area (Å²) in [5, 5.41) is 2.65. The Kier molecular flexibility index (Phi) is 3.89. The molecule has 3 rings (SSSR count). The van der Waals surface area contributed by atoms with E-state index in [0.717, 1.165) is 11.8 Å². The number of carbonyl (C=O) groups excluding carboxylic acids is 1. The van der Waals surface area contributed by atoms with Crippen molar-refractivity contribution in [1.82, 2.24) is 4.98 Å². The fraction of sp³-hybridized carbons (Fsp3) is 0.200. The fourth-order valence-corrected chi connectivity index (χ4v) is 2.07. The highest BCUT2D eigenvalue weighted by molar-refractivity contribution is 6.04. The van der Waals surface area contributed by atoms with E-state index in [1.54, 1.807) is 18.2 Å². The van der Waals surface area contributed by atoms with E-state index in [1.807, 2.05) is 6.07 Å². The molecule has 1 fully saturated rings. The topological polar surface area (TPSA) is 60.5 Å². The van der Waals surface area contributed by atoms with E-state index >= 15 is 0 Å². The number of nitrogens with zero attached hydrogens (tertiary/aromatic N) is 1. The summed E-state index contributed by atoms with van der Waals surface area (Å²) in [6, 6.07) is 8.41. The van der Waals surface area contributed by atoms with Crippen LogP contribution in [0.4, 0.5) is 10.1 Å². The maximum absolute atomic E-state index is 13.5. The molecular weight excluding hydrogens is 275 g/mol. The SMILES string of the molecule is O=C(Nc1cccc(C2OCCO2)c1)c1ccncc1F. The van der Waals surface area contributed by atoms with Crippen LogP contribution < -0.4 is 5.32 Å². The molecule has 1 aromatic heterocycles. The third-order valence-corrected chi connectivity index (χ3v) is 3.06. The third kappa shape index (κ3) is 3.07. The molecule has 0 atom stereocenters. The minimum atomic E-state index is -0.659. The number of hydrogen-bond acceptors (Lipinski definition) is 4. The van der Waals surface area contributed by atoms with Crippen LogP contribution in [0.1, 0.15) is 22.2 Å². The van der Waals surface area contributed by atoms with Gasteiger partial charge in [0.1, 0.15) is 0 Å². The lowest BCUT2D eigenvalue weighted by atomic mass is 10.2. The Bertz CT molecular complexity index is 657. The van der Waals surface area contributed by atoms with Crippen molar-refractivity contribution in [2.45, 2.75) is 6.29 Å². The van der Waals surface area contributed by atoms with Gasteiger partial charge >= 0.3 is 0 Å². The number of carbonyl (C=O) groups is 1. The number of pyridine rings is 1. The summed E-state index contributed by atoms with van der Waals surface area (Å²) >= 11 is 0. The molecule has 5 nitrogen and oxygen atoms in total. The second-order valence-electron chi connectivity index (χ2n) is 4.51. The summed E-state index contributed by atoms with van der Waals surface area (Å²) in [7, 11) is 0. The number of amides is 1. The summed E-state index contributed by atoms with van der Waals surface area (Å²) in [5.74, 6) is -1.19. The van der Waals surface area contributed by atoms with Gasteiger partial charge in [0.25, 0.3) is 5.91 Å². The van der Waals surface area contributed by atoms with Crippen molar-refractivity contribution in [1.29, 1.82) is 0 Å². The van der Waals surface area contributed by atoms with Crippen molar-refractivity contribution in [2.24, 2.45) is 0 Å². The van der Waals surface area contributed by atoms with Gasteiger partial charge in [-0.3, -0.25) is 9.78 Å². The van der Waals surface area contributed by atoms with E-state index in [0.29, 0.717) is 18.9 Å². The van der Waals surface area contributed by atoms with Gasteiger partial charge in [0, 0.05) is 17.4 Å². The van der Waals surface area contributed by atoms with Gasteiger partial charge in [0.15, 0.2) is 12.1 Å². The second-order valence-corrected chi connectivity index (χ2v) is 4.51. The van der Waals surface area contributed by atoms with Crippen LogP contribution in [-0.2, 0) is 9.47 Å². The van der Waals surface area contributed by atoms with Crippen LogP contribution in [0.15, 0.2) is 42.7 Å². The van der Waals surface area contributed by atoms with Crippen LogP contribution in [0.3, 0.4) is 0 Å². The number of aromatic nitrogens is 1. The summed E-state index contributed by atoms with van der Waals surface area (Å²) in [5.41, 5.74) is 1.30. The molecule has 6 heteroatoms. The van der Waals surface area contributed by atoms with Gasteiger partial charge in [-0.25, -0.2) is 4.39 Å². The Balaban J connectivity index is 1.77. The Labute approximate surface area is 120 Å². The Morgan fingerprint density at radius 3 is 2.86 bits per heavy atom. The number of halogens is 1. The highest BCUT2D eigenvalue weighted by Crippen LogP contribution is 2.25. The molecule has 1 saturated heterocycles. The predicted molar refractivity (Wildman–Crippen MR) is 73.2 cm³/mol. The lowest BCUT2D eigenvalue weighted by molar-refractivity contribution is -0.0440. The zero-order chi connectivity index (χ0) is 14.7. The molecular formula is C15H13FN2O3. The lowest BCUT2D eigenvalue weighted by Crippen LogP contribution is -2.14. The van der Waals surface area contributed by atoms with E-state index in [4.69, 9.17) is 9.47 Å². The Morgan fingerprint density at radius 1 is 1.29 bits per heavy atom. The molecule has 21 heavy (non-hydrogen) atoms. The Hall–Kier alpha value is -2.31. The molecule has 1 aliphatic rings. The molecule has 0 unspecified atom stereocenters. The summed E-state index contributed by atoms with van der Waals surface area (Å²) in [4.78, 5) is 15.6. The van der Waals surface area contributed by atoms with Crippen LogP contribution in [-0.4, -0.2) is 24.1 Å². The van der Waals surface area contributed by atoms with Gasteiger partial charge in [-0.1, -0.05) is 12.1 Å². The first-order valence-corrected chi connectivity index (χ1v) is 6.48. The minimum Gasteiger partial charge on any atom is -0.346 e. The summed E-state index contributed by atoms with van der Waals surface area (Å²) in [6.07, 6.45) is 1.96. The highest BCUT2D eigenvalue weighted by Gasteiger charge is 2.19. The molecule has 1 aliphatic heterocycles. The molecule has 0 bridgehead atoms. The van der Waals surface area contributed by atoms with Crippen LogP contribution in [0.25, 0.3) is 0 Å². The van der Waals surface area contributed by atoms with Crippen LogP contribution >= 0.6 is 0 Å².